The molecule has 1 aliphatic carbocycles. The van der Waals surface area contributed by atoms with E-state index >= 15 is 0 Å². The van der Waals surface area contributed by atoms with Gasteiger partial charge in [0.05, 0.1) is 5.57 Å². The first-order valence-electron chi connectivity index (χ1n) is 12.7. The molecule has 0 unspecified atom stereocenters. The highest BCUT2D eigenvalue weighted by Gasteiger charge is 2.33. The maximum atomic E-state index is 13.1. The molecule has 0 bridgehead atoms. The van der Waals surface area contributed by atoms with E-state index < -0.39 is 0 Å². The lowest BCUT2D eigenvalue weighted by molar-refractivity contribution is 0.0990. The molecule has 0 atom stereocenters. The molecule has 0 spiro atoms. The molecule has 5 aromatic rings. The number of Topliss-reactive ketones (excluding diaryl/α,β-unsaturated/α-hetero) is 2. The molecular formula is C35H26O2. The van der Waals surface area contributed by atoms with Gasteiger partial charge in [-0.15, -0.1) is 0 Å². The summed E-state index contributed by atoms with van der Waals surface area (Å²) >= 11 is 0. The van der Waals surface area contributed by atoms with Crippen molar-refractivity contribution in [1.29, 1.82) is 0 Å². The number of carbonyl (C=O) groups is 2. The first-order chi connectivity index (χ1) is 18.2. The molecular weight excluding hydrogens is 452 g/mol. The topological polar surface area (TPSA) is 34.1 Å². The van der Waals surface area contributed by atoms with Crippen LogP contribution in [0.25, 0.3) is 16.8 Å². The minimum absolute atomic E-state index is 0.194. The van der Waals surface area contributed by atoms with E-state index in [1.807, 2.05) is 60.7 Å². The van der Waals surface area contributed by atoms with Gasteiger partial charge in [0.1, 0.15) is 0 Å². The van der Waals surface area contributed by atoms with E-state index in [4.69, 9.17) is 0 Å². The summed E-state index contributed by atoms with van der Waals surface area (Å²) in [7, 11) is 0. The first-order valence-corrected chi connectivity index (χ1v) is 12.7. The summed E-state index contributed by atoms with van der Waals surface area (Å²) in [5.74, 6) is -0.0698. The van der Waals surface area contributed by atoms with Gasteiger partial charge in [0.25, 0.3) is 0 Å². The van der Waals surface area contributed by atoms with Crippen molar-refractivity contribution in [3.63, 3.8) is 0 Å². The lowest BCUT2D eigenvalue weighted by Crippen LogP contribution is -2.07. The Morgan fingerprint density at radius 1 is 0.541 bits per heavy atom. The second kappa shape index (κ2) is 9.83. The molecule has 0 heterocycles. The number of hydrogen-bond acceptors (Lipinski definition) is 2. The molecule has 0 fully saturated rings. The second-order valence-electron chi connectivity index (χ2n) is 9.70. The normalized spacial score (nSPS) is 12.8. The molecule has 6 rings (SSSR count). The third-order valence-electron chi connectivity index (χ3n) is 7.23. The quantitative estimate of drug-likeness (QED) is 0.184. The molecule has 0 N–H and O–H groups in total. The summed E-state index contributed by atoms with van der Waals surface area (Å²) in [6.07, 6.45) is 3.62. The predicted molar refractivity (Wildman–Crippen MR) is 150 cm³/mol. The Morgan fingerprint density at radius 3 is 1.49 bits per heavy atom. The van der Waals surface area contributed by atoms with Crippen molar-refractivity contribution in [2.24, 2.45) is 0 Å². The van der Waals surface area contributed by atoms with Crippen molar-refractivity contribution in [2.45, 2.75) is 18.8 Å². The van der Waals surface area contributed by atoms with Crippen LogP contribution in [0.4, 0.5) is 0 Å². The second-order valence-corrected chi connectivity index (χ2v) is 9.70. The largest absolute Gasteiger partial charge is 0.288 e. The zero-order valence-corrected chi connectivity index (χ0v) is 20.4. The van der Waals surface area contributed by atoms with E-state index in [9.17, 15) is 9.59 Å². The number of ketones is 2. The fourth-order valence-corrected chi connectivity index (χ4v) is 5.28. The summed E-state index contributed by atoms with van der Waals surface area (Å²) in [6.45, 7) is 0. The molecule has 2 heteroatoms. The maximum absolute atomic E-state index is 13.1. The molecule has 2 nitrogen and oxygen atoms in total. The van der Waals surface area contributed by atoms with Crippen LogP contribution in [-0.4, -0.2) is 11.6 Å². The zero-order valence-electron chi connectivity index (χ0n) is 20.4. The summed E-state index contributed by atoms with van der Waals surface area (Å²) in [6, 6.07) is 40.9. The molecule has 1 aliphatic rings. The van der Waals surface area contributed by atoms with Crippen LogP contribution >= 0.6 is 0 Å². The molecule has 0 aliphatic heterocycles. The van der Waals surface area contributed by atoms with Gasteiger partial charge in [0.15, 0.2) is 11.6 Å². The molecule has 0 saturated heterocycles. The zero-order chi connectivity index (χ0) is 25.2. The van der Waals surface area contributed by atoms with Crippen LogP contribution in [0.5, 0.6) is 0 Å². The summed E-state index contributed by atoms with van der Waals surface area (Å²) in [4.78, 5) is 26.3. The van der Waals surface area contributed by atoms with Gasteiger partial charge in [-0.2, -0.15) is 0 Å². The van der Waals surface area contributed by atoms with Crippen molar-refractivity contribution in [3.05, 3.63) is 160 Å². The van der Waals surface area contributed by atoms with Crippen molar-refractivity contribution in [1.82, 2.24) is 0 Å². The number of fused-ring (bicyclic) bond motifs is 2. The van der Waals surface area contributed by atoms with Gasteiger partial charge in [-0.25, -0.2) is 0 Å². The Balaban J connectivity index is 1.29. The molecule has 5 aromatic carbocycles. The van der Waals surface area contributed by atoms with Crippen LogP contribution in [-0.2, 0) is 12.8 Å². The Morgan fingerprint density at radius 2 is 1.00 bits per heavy atom. The highest BCUT2D eigenvalue weighted by Crippen LogP contribution is 2.32. The number of allylic oxidation sites excluding steroid dienone is 1. The minimum atomic E-state index is -0.194. The van der Waals surface area contributed by atoms with E-state index in [-0.39, 0.29) is 17.1 Å². The van der Waals surface area contributed by atoms with Gasteiger partial charge in [-0.05, 0) is 70.0 Å². The van der Waals surface area contributed by atoms with Crippen LogP contribution in [0.15, 0.2) is 127 Å². The number of rotatable bonds is 6. The average molecular weight is 479 g/mol. The van der Waals surface area contributed by atoms with E-state index in [0.717, 1.165) is 29.2 Å². The van der Waals surface area contributed by atoms with Crippen LogP contribution in [0.3, 0.4) is 0 Å². The molecule has 0 saturated carbocycles. The average Bonchev–Trinajstić information content (AvgIpc) is 3.17. The lowest BCUT2D eigenvalue weighted by Gasteiger charge is -2.18. The van der Waals surface area contributed by atoms with E-state index in [1.54, 1.807) is 6.08 Å². The standard InChI is InChI=1S/C35H26O2/c36-34-31-22-28-13-7-8-14-29(28)23-32(31)35(37)33(34)21-26-15-17-27(18-16-26)30(19-24-9-3-1-4-10-24)20-25-11-5-2-6-12-25/h1-18,21-23,30H,19-20H2. The van der Waals surface area contributed by atoms with Crippen LogP contribution < -0.4 is 0 Å². The van der Waals surface area contributed by atoms with Gasteiger partial charge < -0.3 is 0 Å². The molecule has 178 valence electrons. The van der Waals surface area contributed by atoms with Gasteiger partial charge >= 0.3 is 0 Å². The maximum Gasteiger partial charge on any atom is 0.197 e. The van der Waals surface area contributed by atoms with Gasteiger partial charge in [-0.1, -0.05) is 109 Å². The van der Waals surface area contributed by atoms with Gasteiger partial charge in [0.2, 0.25) is 0 Å². The first kappa shape index (κ1) is 22.9. The SMILES string of the molecule is O=C1C(=Cc2ccc(C(Cc3ccccc3)Cc3ccccc3)cc2)C(=O)c2cc3ccccc3cc21. The van der Waals surface area contributed by atoms with Crippen LogP contribution in [0, 0.1) is 0 Å². The van der Waals surface area contributed by atoms with Crippen molar-refractivity contribution < 1.29 is 9.59 Å². The van der Waals surface area contributed by atoms with Crippen molar-refractivity contribution in [2.75, 3.05) is 0 Å². The van der Waals surface area contributed by atoms with E-state index in [1.165, 1.54) is 16.7 Å². The minimum Gasteiger partial charge on any atom is -0.288 e. The fourth-order valence-electron chi connectivity index (χ4n) is 5.28. The number of hydrogen-bond donors (Lipinski definition) is 0. The fraction of sp³-hybridized carbons (Fsp3) is 0.0857. The number of carbonyl (C=O) groups excluding carboxylic acids is 2. The van der Waals surface area contributed by atoms with E-state index in [2.05, 4.69) is 60.7 Å². The van der Waals surface area contributed by atoms with Crippen LogP contribution in [0.1, 0.15) is 48.9 Å². The Labute approximate surface area is 216 Å². The van der Waals surface area contributed by atoms with Crippen molar-refractivity contribution >= 4 is 28.4 Å². The molecule has 0 radical (unpaired) electrons. The molecule has 37 heavy (non-hydrogen) atoms. The Kier molecular flexibility index (Phi) is 6.08. The molecule has 0 aromatic heterocycles. The summed E-state index contributed by atoms with van der Waals surface area (Å²) < 4.78 is 0. The smallest absolute Gasteiger partial charge is 0.197 e. The molecule has 0 amide bonds. The van der Waals surface area contributed by atoms with E-state index in [0.29, 0.717) is 17.0 Å². The Bertz CT molecular complexity index is 1530. The van der Waals surface area contributed by atoms with Crippen LogP contribution in [0.2, 0.25) is 0 Å². The summed E-state index contributed by atoms with van der Waals surface area (Å²) in [5, 5.41) is 1.94. The predicted octanol–water partition coefficient (Wildman–Crippen LogP) is 7.87. The highest BCUT2D eigenvalue weighted by atomic mass is 16.2. The Hall–Kier alpha value is -4.56. The van der Waals surface area contributed by atoms with Crippen molar-refractivity contribution in [3.8, 4) is 0 Å². The number of benzene rings is 5. The lowest BCUT2D eigenvalue weighted by atomic mass is 9.86. The summed E-state index contributed by atoms with van der Waals surface area (Å²) in [5.41, 5.74) is 5.95. The van der Waals surface area contributed by atoms with Gasteiger partial charge in [-0.3, -0.25) is 9.59 Å². The monoisotopic (exact) mass is 478 g/mol. The highest BCUT2D eigenvalue weighted by molar-refractivity contribution is 6.42. The third kappa shape index (κ3) is 4.66. The third-order valence-corrected chi connectivity index (χ3v) is 7.23. The van der Waals surface area contributed by atoms with Gasteiger partial charge in [0, 0.05) is 11.1 Å².